The SMILES string of the molecule is COC(=O)[C@H](CSCNC(C)=O)NC(=O)[C@@H](N)Cc1cn(C=O)c2ccccc12. The van der Waals surface area contributed by atoms with Gasteiger partial charge >= 0.3 is 5.97 Å². The number of amides is 2. The van der Waals surface area contributed by atoms with Crippen LogP contribution in [0, 0.1) is 0 Å². The zero-order valence-electron chi connectivity index (χ0n) is 16.2. The number of ether oxygens (including phenoxy) is 1. The van der Waals surface area contributed by atoms with Crippen LogP contribution in [0.25, 0.3) is 10.9 Å². The summed E-state index contributed by atoms with van der Waals surface area (Å²) in [6.45, 7) is 1.39. The van der Waals surface area contributed by atoms with E-state index < -0.39 is 24.0 Å². The van der Waals surface area contributed by atoms with Crippen LogP contribution in [0.2, 0.25) is 0 Å². The molecular formula is C19H24N4O5S. The fraction of sp³-hybridized carbons (Fsp3) is 0.368. The first-order chi connectivity index (χ1) is 13.9. The molecule has 0 spiro atoms. The van der Waals surface area contributed by atoms with Gasteiger partial charge in [0.25, 0.3) is 0 Å². The highest BCUT2D eigenvalue weighted by atomic mass is 32.2. The summed E-state index contributed by atoms with van der Waals surface area (Å²) in [6, 6.07) is 5.50. The number of para-hydroxylation sites is 1. The molecule has 2 atom stereocenters. The van der Waals surface area contributed by atoms with E-state index in [1.54, 1.807) is 12.3 Å². The van der Waals surface area contributed by atoms with Crippen molar-refractivity contribution < 1.29 is 23.9 Å². The molecule has 0 saturated carbocycles. The molecule has 29 heavy (non-hydrogen) atoms. The third-order valence-electron chi connectivity index (χ3n) is 4.22. The van der Waals surface area contributed by atoms with Crippen LogP contribution in [0.15, 0.2) is 30.5 Å². The number of methoxy groups -OCH3 is 1. The van der Waals surface area contributed by atoms with Gasteiger partial charge in [0.05, 0.1) is 24.5 Å². The Morgan fingerprint density at radius 3 is 2.69 bits per heavy atom. The summed E-state index contributed by atoms with van der Waals surface area (Å²) in [5.41, 5.74) is 7.53. The summed E-state index contributed by atoms with van der Waals surface area (Å²) in [5.74, 6) is -0.777. The maximum Gasteiger partial charge on any atom is 0.329 e. The number of carbonyl (C=O) groups excluding carboxylic acids is 4. The smallest absolute Gasteiger partial charge is 0.329 e. The van der Waals surface area contributed by atoms with Gasteiger partial charge in [-0.25, -0.2) is 4.79 Å². The minimum atomic E-state index is -0.923. The molecule has 0 fully saturated rings. The Labute approximate surface area is 172 Å². The van der Waals surface area contributed by atoms with Crippen LogP contribution in [-0.2, 0) is 30.3 Å². The first-order valence-corrected chi connectivity index (χ1v) is 10.0. The summed E-state index contributed by atoms with van der Waals surface area (Å²) in [6.07, 6.45) is 2.53. The number of fused-ring (bicyclic) bond motifs is 1. The Bertz CT molecular complexity index is 898. The first-order valence-electron chi connectivity index (χ1n) is 8.87. The van der Waals surface area contributed by atoms with Gasteiger partial charge in [-0.1, -0.05) is 18.2 Å². The summed E-state index contributed by atoms with van der Waals surface area (Å²) in [5, 5.41) is 6.02. The van der Waals surface area contributed by atoms with Gasteiger partial charge in [-0.2, -0.15) is 0 Å². The Morgan fingerprint density at radius 1 is 1.31 bits per heavy atom. The fourth-order valence-electron chi connectivity index (χ4n) is 2.78. The van der Waals surface area contributed by atoms with Gasteiger partial charge in [-0.05, 0) is 18.1 Å². The number of carbonyl (C=O) groups is 4. The number of nitrogens with zero attached hydrogens (tertiary/aromatic N) is 1. The van der Waals surface area contributed by atoms with Crippen LogP contribution in [0.5, 0.6) is 0 Å². The normalized spacial score (nSPS) is 12.8. The Balaban J connectivity index is 2.03. The maximum absolute atomic E-state index is 12.5. The van der Waals surface area contributed by atoms with Crippen molar-refractivity contribution in [1.29, 1.82) is 0 Å². The molecule has 1 aromatic carbocycles. The lowest BCUT2D eigenvalue weighted by molar-refractivity contribution is -0.144. The van der Waals surface area contributed by atoms with Crippen LogP contribution in [0.1, 0.15) is 12.5 Å². The van der Waals surface area contributed by atoms with Gasteiger partial charge in [0.15, 0.2) is 0 Å². The lowest BCUT2D eigenvalue weighted by Crippen LogP contribution is -2.50. The molecule has 0 bridgehead atoms. The van der Waals surface area contributed by atoms with Gasteiger partial charge in [0.1, 0.15) is 6.04 Å². The highest BCUT2D eigenvalue weighted by Crippen LogP contribution is 2.21. The number of hydrogen-bond donors (Lipinski definition) is 3. The van der Waals surface area contributed by atoms with Gasteiger partial charge in [0, 0.05) is 24.3 Å². The van der Waals surface area contributed by atoms with Crippen LogP contribution < -0.4 is 16.4 Å². The van der Waals surface area contributed by atoms with Crippen LogP contribution in [-0.4, -0.2) is 59.6 Å². The summed E-state index contributed by atoms with van der Waals surface area (Å²) in [7, 11) is 1.23. The predicted molar refractivity (Wildman–Crippen MR) is 111 cm³/mol. The van der Waals surface area contributed by atoms with Gasteiger partial charge in [-0.15, -0.1) is 11.8 Å². The second-order valence-electron chi connectivity index (χ2n) is 6.33. The molecule has 1 heterocycles. The van der Waals surface area contributed by atoms with E-state index in [1.165, 1.54) is 30.4 Å². The number of thioether (sulfide) groups is 1. The zero-order valence-corrected chi connectivity index (χ0v) is 17.0. The number of aromatic nitrogens is 1. The van der Waals surface area contributed by atoms with Gasteiger partial charge in [-0.3, -0.25) is 19.0 Å². The minimum absolute atomic E-state index is 0.187. The monoisotopic (exact) mass is 420 g/mol. The fourth-order valence-corrected chi connectivity index (χ4v) is 3.65. The molecule has 0 radical (unpaired) electrons. The Kier molecular flexibility index (Phi) is 8.22. The Morgan fingerprint density at radius 2 is 2.03 bits per heavy atom. The van der Waals surface area contributed by atoms with E-state index in [1.807, 2.05) is 18.2 Å². The van der Waals surface area contributed by atoms with Gasteiger partial charge in [0.2, 0.25) is 18.2 Å². The minimum Gasteiger partial charge on any atom is -0.467 e. The summed E-state index contributed by atoms with van der Waals surface area (Å²) in [4.78, 5) is 46.6. The molecule has 156 valence electrons. The number of esters is 1. The highest BCUT2D eigenvalue weighted by molar-refractivity contribution is 7.99. The number of rotatable bonds is 10. The van der Waals surface area contributed by atoms with Crippen LogP contribution in [0.4, 0.5) is 0 Å². The van der Waals surface area contributed by atoms with E-state index in [-0.39, 0.29) is 18.1 Å². The number of nitrogens with two attached hydrogens (primary N) is 1. The van der Waals surface area contributed by atoms with Crippen molar-refractivity contribution in [3.63, 3.8) is 0 Å². The lowest BCUT2D eigenvalue weighted by Gasteiger charge is -2.19. The van der Waals surface area contributed by atoms with Crippen molar-refractivity contribution in [2.24, 2.45) is 5.73 Å². The lowest BCUT2D eigenvalue weighted by atomic mass is 10.0. The molecule has 0 aliphatic rings. The molecule has 0 saturated heterocycles. The maximum atomic E-state index is 12.5. The van der Waals surface area contributed by atoms with E-state index in [2.05, 4.69) is 10.6 Å². The quantitative estimate of drug-likeness (QED) is 0.214. The van der Waals surface area contributed by atoms with E-state index >= 15 is 0 Å². The number of hydrogen-bond acceptors (Lipinski definition) is 7. The molecule has 9 nitrogen and oxygen atoms in total. The van der Waals surface area contributed by atoms with Crippen LogP contribution >= 0.6 is 11.8 Å². The van der Waals surface area contributed by atoms with Gasteiger partial charge < -0.3 is 21.1 Å². The van der Waals surface area contributed by atoms with E-state index in [0.717, 1.165) is 16.5 Å². The highest BCUT2D eigenvalue weighted by Gasteiger charge is 2.25. The zero-order chi connectivity index (χ0) is 21.4. The second-order valence-corrected chi connectivity index (χ2v) is 7.36. The molecule has 4 N–H and O–H groups in total. The van der Waals surface area contributed by atoms with Crippen LogP contribution in [0.3, 0.4) is 0 Å². The largest absolute Gasteiger partial charge is 0.467 e. The first kappa shape index (κ1) is 22.4. The molecule has 10 heteroatoms. The molecule has 0 aliphatic carbocycles. The molecule has 2 amide bonds. The van der Waals surface area contributed by atoms with E-state index in [4.69, 9.17) is 10.5 Å². The standard InChI is InChI=1S/C19H24N4O5S/c1-12(25)21-10-29-9-16(19(27)28-2)22-18(26)15(20)7-13-8-23(11-24)17-6-4-3-5-14(13)17/h3-6,8,11,15-16H,7,9-10,20H2,1-2H3,(H,21,25)(H,22,26)/t15-,16-/m0/s1. The average Bonchev–Trinajstić information content (AvgIpc) is 3.07. The van der Waals surface area contributed by atoms with Crippen molar-refractivity contribution in [2.45, 2.75) is 25.4 Å². The van der Waals surface area contributed by atoms with Crippen molar-refractivity contribution in [3.05, 3.63) is 36.0 Å². The molecule has 0 aliphatic heterocycles. The average molecular weight is 420 g/mol. The third-order valence-corrected chi connectivity index (χ3v) is 5.14. The second kappa shape index (κ2) is 10.6. The van der Waals surface area contributed by atoms with E-state index in [0.29, 0.717) is 12.3 Å². The molecule has 0 unspecified atom stereocenters. The number of nitrogens with one attached hydrogen (secondary N) is 2. The summed E-state index contributed by atoms with van der Waals surface area (Å²) < 4.78 is 6.16. The molecule has 2 aromatic rings. The molecular weight excluding hydrogens is 396 g/mol. The topological polar surface area (TPSA) is 133 Å². The van der Waals surface area contributed by atoms with Crippen molar-refractivity contribution in [2.75, 3.05) is 18.7 Å². The van der Waals surface area contributed by atoms with Crippen molar-refractivity contribution in [3.8, 4) is 0 Å². The summed E-state index contributed by atoms with van der Waals surface area (Å²) >= 11 is 1.27. The Hall–Kier alpha value is -2.85. The van der Waals surface area contributed by atoms with Crippen molar-refractivity contribution >= 4 is 46.9 Å². The number of benzene rings is 1. The third kappa shape index (κ3) is 6.06. The van der Waals surface area contributed by atoms with E-state index in [9.17, 15) is 19.2 Å². The van der Waals surface area contributed by atoms with Crippen molar-refractivity contribution in [1.82, 2.24) is 15.2 Å². The predicted octanol–water partition coefficient (Wildman–Crippen LogP) is 0.0340. The molecule has 1 aromatic heterocycles. The molecule has 2 rings (SSSR count).